The van der Waals surface area contributed by atoms with E-state index in [1.54, 1.807) is 0 Å². The Bertz CT molecular complexity index is 431. The first-order chi connectivity index (χ1) is 8.23. The summed E-state index contributed by atoms with van der Waals surface area (Å²) in [5.41, 5.74) is 0. The first-order valence-corrected chi connectivity index (χ1v) is 7.90. The van der Waals surface area contributed by atoms with Crippen LogP contribution in [0.3, 0.4) is 0 Å². The van der Waals surface area contributed by atoms with Crippen LogP contribution in [-0.4, -0.2) is 54.4 Å². The second-order valence-electron chi connectivity index (χ2n) is 4.75. The molecule has 0 aromatic rings. The van der Waals surface area contributed by atoms with Crippen LogP contribution in [0.2, 0.25) is 0 Å². The maximum Gasteiger partial charge on any atom is 0.305 e. The lowest BCUT2D eigenvalue weighted by atomic mass is 9.99. The molecule has 6 nitrogen and oxygen atoms in total. The van der Waals surface area contributed by atoms with Crippen molar-refractivity contribution in [3.8, 4) is 0 Å². The number of carboxylic acids is 1. The summed E-state index contributed by atoms with van der Waals surface area (Å²) in [4.78, 5) is 24.3. The van der Waals surface area contributed by atoms with Crippen LogP contribution in [0.15, 0.2) is 0 Å². The SMILES string of the molecule is CC(C(=O)N1CCCCC1CC(=O)O)S(C)(=O)=O. The van der Waals surface area contributed by atoms with E-state index in [-0.39, 0.29) is 12.5 Å². The van der Waals surface area contributed by atoms with Crippen LogP contribution in [0.5, 0.6) is 0 Å². The highest BCUT2D eigenvalue weighted by Gasteiger charge is 2.34. The number of rotatable bonds is 4. The Morgan fingerprint density at radius 2 is 2.00 bits per heavy atom. The Balaban J connectivity index is 2.83. The number of nitrogens with zero attached hydrogens (tertiary/aromatic N) is 1. The highest BCUT2D eigenvalue weighted by Crippen LogP contribution is 2.21. The van der Waals surface area contributed by atoms with E-state index >= 15 is 0 Å². The fraction of sp³-hybridized carbons (Fsp3) is 0.818. The van der Waals surface area contributed by atoms with E-state index in [4.69, 9.17) is 5.11 Å². The molecule has 0 saturated carbocycles. The van der Waals surface area contributed by atoms with Gasteiger partial charge >= 0.3 is 5.97 Å². The molecule has 1 amide bonds. The van der Waals surface area contributed by atoms with Crippen LogP contribution in [0.25, 0.3) is 0 Å². The van der Waals surface area contributed by atoms with Crippen LogP contribution in [0.4, 0.5) is 0 Å². The van der Waals surface area contributed by atoms with Crippen molar-refractivity contribution in [3.63, 3.8) is 0 Å². The van der Waals surface area contributed by atoms with Gasteiger partial charge in [0, 0.05) is 18.8 Å². The lowest BCUT2D eigenvalue weighted by Crippen LogP contribution is -2.49. The van der Waals surface area contributed by atoms with E-state index in [1.165, 1.54) is 11.8 Å². The Morgan fingerprint density at radius 3 is 2.50 bits per heavy atom. The van der Waals surface area contributed by atoms with Crippen molar-refractivity contribution in [2.24, 2.45) is 0 Å². The maximum atomic E-state index is 12.1. The van der Waals surface area contributed by atoms with Gasteiger partial charge in [-0.2, -0.15) is 0 Å². The Kier molecular flexibility index (Phi) is 4.72. The fourth-order valence-corrected chi connectivity index (χ4v) is 2.62. The maximum absolute atomic E-state index is 12.1. The Morgan fingerprint density at radius 1 is 1.39 bits per heavy atom. The van der Waals surface area contributed by atoms with Crippen LogP contribution >= 0.6 is 0 Å². The molecule has 0 aromatic carbocycles. The molecule has 1 N–H and O–H groups in total. The van der Waals surface area contributed by atoms with Gasteiger partial charge in [0.15, 0.2) is 9.84 Å². The molecule has 1 heterocycles. The third-order valence-corrected chi connectivity index (χ3v) is 4.80. The molecule has 1 rings (SSSR count). The Hall–Kier alpha value is -1.11. The molecule has 0 bridgehead atoms. The number of hydrogen-bond donors (Lipinski definition) is 1. The summed E-state index contributed by atoms with van der Waals surface area (Å²) < 4.78 is 22.8. The van der Waals surface area contributed by atoms with Gasteiger partial charge in [-0.15, -0.1) is 0 Å². The van der Waals surface area contributed by atoms with Crippen molar-refractivity contribution in [2.45, 2.75) is 43.9 Å². The van der Waals surface area contributed by atoms with Crippen molar-refractivity contribution in [2.75, 3.05) is 12.8 Å². The number of amides is 1. The molecule has 1 aliphatic rings. The van der Waals surface area contributed by atoms with Crippen molar-refractivity contribution in [1.82, 2.24) is 4.90 Å². The predicted octanol–water partition coefficient (Wildman–Crippen LogP) is 0.275. The van der Waals surface area contributed by atoms with E-state index in [2.05, 4.69) is 0 Å². The van der Waals surface area contributed by atoms with Crippen molar-refractivity contribution in [3.05, 3.63) is 0 Å². The minimum atomic E-state index is -3.44. The first kappa shape index (κ1) is 14.9. The number of carboxylic acid groups (broad SMARTS) is 1. The number of carbonyl (C=O) groups excluding carboxylic acids is 1. The molecular formula is C11H19NO5S. The predicted molar refractivity (Wildman–Crippen MR) is 65.9 cm³/mol. The number of aliphatic carboxylic acids is 1. The molecule has 18 heavy (non-hydrogen) atoms. The normalized spacial score (nSPS) is 22.6. The zero-order chi connectivity index (χ0) is 13.9. The van der Waals surface area contributed by atoms with Crippen LogP contribution in [0, 0.1) is 0 Å². The molecule has 0 radical (unpaired) electrons. The van der Waals surface area contributed by atoms with E-state index in [9.17, 15) is 18.0 Å². The van der Waals surface area contributed by atoms with Gasteiger partial charge in [-0.1, -0.05) is 0 Å². The molecule has 0 spiro atoms. The number of likely N-dealkylation sites (tertiary alicyclic amines) is 1. The zero-order valence-electron chi connectivity index (χ0n) is 10.6. The van der Waals surface area contributed by atoms with Gasteiger partial charge in [0.2, 0.25) is 5.91 Å². The van der Waals surface area contributed by atoms with Gasteiger partial charge in [0.05, 0.1) is 6.42 Å². The smallest absolute Gasteiger partial charge is 0.305 e. The van der Waals surface area contributed by atoms with Gasteiger partial charge in [-0.05, 0) is 26.2 Å². The molecule has 1 fully saturated rings. The molecular weight excluding hydrogens is 258 g/mol. The van der Waals surface area contributed by atoms with Gasteiger partial charge in [0.1, 0.15) is 5.25 Å². The lowest BCUT2D eigenvalue weighted by Gasteiger charge is -2.36. The minimum absolute atomic E-state index is 0.123. The summed E-state index contributed by atoms with van der Waals surface area (Å²) in [7, 11) is -3.44. The quantitative estimate of drug-likeness (QED) is 0.796. The number of sulfone groups is 1. The van der Waals surface area contributed by atoms with Crippen molar-refractivity contribution in [1.29, 1.82) is 0 Å². The monoisotopic (exact) mass is 277 g/mol. The summed E-state index contributed by atoms with van der Waals surface area (Å²) in [5, 5.41) is 7.70. The summed E-state index contributed by atoms with van der Waals surface area (Å²) in [5.74, 6) is -1.45. The van der Waals surface area contributed by atoms with Crippen LogP contribution in [-0.2, 0) is 19.4 Å². The summed E-state index contributed by atoms with van der Waals surface area (Å²) in [6.45, 7) is 1.79. The average Bonchev–Trinajstić information content (AvgIpc) is 2.26. The summed E-state index contributed by atoms with van der Waals surface area (Å²) >= 11 is 0. The van der Waals surface area contributed by atoms with E-state index in [0.29, 0.717) is 13.0 Å². The lowest BCUT2D eigenvalue weighted by molar-refractivity contribution is -0.141. The largest absolute Gasteiger partial charge is 0.481 e. The third kappa shape index (κ3) is 3.69. The standard InChI is InChI=1S/C11H19NO5S/c1-8(18(2,16)17)11(15)12-6-4-3-5-9(12)7-10(13)14/h8-9H,3-7H2,1-2H3,(H,13,14). The van der Waals surface area contributed by atoms with Crippen LogP contribution < -0.4 is 0 Å². The van der Waals surface area contributed by atoms with Crippen molar-refractivity contribution < 1.29 is 23.1 Å². The zero-order valence-corrected chi connectivity index (χ0v) is 11.4. The first-order valence-electron chi connectivity index (χ1n) is 5.94. The fourth-order valence-electron chi connectivity index (χ4n) is 2.12. The molecule has 2 atom stereocenters. The molecule has 7 heteroatoms. The summed E-state index contributed by atoms with van der Waals surface area (Å²) in [6.07, 6.45) is 3.18. The number of hydrogen-bond acceptors (Lipinski definition) is 4. The van der Waals surface area contributed by atoms with Crippen LogP contribution in [0.1, 0.15) is 32.6 Å². The van der Waals surface area contributed by atoms with Gasteiger partial charge in [-0.25, -0.2) is 8.42 Å². The molecule has 2 unspecified atom stereocenters. The van der Waals surface area contributed by atoms with E-state index in [1.807, 2.05) is 0 Å². The highest BCUT2D eigenvalue weighted by molar-refractivity contribution is 7.92. The van der Waals surface area contributed by atoms with Gasteiger partial charge < -0.3 is 10.0 Å². The molecule has 1 aliphatic heterocycles. The second-order valence-corrected chi connectivity index (χ2v) is 7.12. The summed E-state index contributed by atoms with van der Waals surface area (Å²) in [6, 6.07) is -0.382. The Labute approximate surface area is 107 Å². The van der Waals surface area contributed by atoms with Crippen molar-refractivity contribution >= 4 is 21.7 Å². The molecule has 0 aromatic heterocycles. The topological polar surface area (TPSA) is 91.8 Å². The van der Waals surface area contributed by atoms with Gasteiger partial charge in [-0.3, -0.25) is 9.59 Å². The number of piperidine rings is 1. The third-order valence-electron chi connectivity index (χ3n) is 3.31. The second kappa shape index (κ2) is 5.69. The minimum Gasteiger partial charge on any atom is -0.481 e. The van der Waals surface area contributed by atoms with E-state index in [0.717, 1.165) is 19.1 Å². The van der Waals surface area contributed by atoms with Gasteiger partial charge in [0.25, 0.3) is 0 Å². The number of carbonyl (C=O) groups is 2. The molecule has 104 valence electrons. The average molecular weight is 277 g/mol. The molecule has 0 aliphatic carbocycles. The highest BCUT2D eigenvalue weighted by atomic mass is 32.2. The van der Waals surface area contributed by atoms with E-state index < -0.39 is 27.0 Å². The molecule has 1 saturated heterocycles.